The second-order valence-corrected chi connectivity index (χ2v) is 7.32. The second kappa shape index (κ2) is 4.98. The van der Waals surface area contributed by atoms with E-state index in [1.165, 1.54) is 0 Å². The maximum absolute atomic E-state index is 12.7. The minimum absolute atomic E-state index is 0.250. The van der Waals surface area contributed by atoms with Crippen LogP contribution in [0.25, 0.3) is 10.8 Å². The lowest BCUT2D eigenvalue weighted by Gasteiger charge is -2.23. The van der Waals surface area contributed by atoms with Crippen molar-refractivity contribution < 1.29 is 13.2 Å². The third-order valence-corrected chi connectivity index (χ3v) is 5.50. The maximum Gasteiger partial charge on any atom is 0.241 e. The SMILES string of the molecule is CC1(NS(=O)(=O)c2ccc(N)c3ccccc23)CCOC1. The summed E-state index contributed by atoms with van der Waals surface area (Å²) in [6, 6.07) is 10.4. The highest BCUT2D eigenvalue weighted by Crippen LogP contribution is 2.29. The molecule has 0 saturated carbocycles. The number of benzene rings is 2. The number of nitrogens with one attached hydrogen (secondary N) is 1. The summed E-state index contributed by atoms with van der Waals surface area (Å²) in [4.78, 5) is 0.250. The molecule has 21 heavy (non-hydrogen) atoms. The monoisotopic (exact) mass is 306 g/mol. The van der Waals surface area contributed by atoms with Crippen molar-refractivity contribution in [2.45, 2.75) is 23.8 Å². The van der Waals surface area contributed by atoms with E-state index in [9.17, 15) is 8.42 Å². The molecule has 3 N–H and O–H groups in total. The van der Waals surface area contributed by atoms with E-state index in [0.29, 0.717) is 30.7 Å². The van der Waals surface area contributed by atoms with Gasteiger partial charge in [0.1, 0.15) is 0 Å². The summed E-state index contributed by atoms with van der Waals surface area (Å²) in [5, 5.41) is 1.38. The van der Waals surface area contributed by atoms with Crippen molar-refractivity contribution in [3.8, 4) is 0 Å². The fraction of sp³-hybridized carbons (Fsp3) is 0.333. The lowest BCUT2D eigenvalue weighted by atomic mass is 10.0. The molecular formula is C15H18N2O3S. The number of ether oxygens (including phenoxy) is 1. The van der Waals surface area contributed by atoms with Crippen LogP contribution in [0.2, 0.25) is 0 Å². The fourth-order valence-corrected chi connectivity index (χ4v) is 4.29. The second-order valence-electron chi connectivity index (χ2n) is 5.67. The van der Waals surface area contributed by atoms with Crippen molar-refractivity contribution in [1.82, 2.24) is 4.72 Å². The zero-order chi connectivity index (χ0) is 15.1. The molecule has 2 aromatic rings. The molecule has 1 aliphatic rings. The summed E-state index contributed by atoms with van der Waals surface area (Å²) >= 11 is 0. The van der Waals surface area contributed by atoms with Crippen LogP contribution in [0, 0.1) is 0 Å². The summed E-state index contributed by atoms with van der Waals surface area (Å²) < 4.78 is 33.5. The zero-order valence-corrected chi connectivity index (χ0v) is 12.6. The molecule has 5 nitrogen and oxygen atoms in total. The van der Waals surface area contributed by atoms with Crippen molar-refractivity contribution >= 4 is 26.5 Å². The number of nitrogens with two attached hydrogens (primary N) is 1. The number of sulfonamides is 1. The van der Waals surface area contributed by atoms with Crippen LogP contribution >= 0.6 is 0 Å². The number of nitrogen functional groups attached to an aromatic ring is 1. The number of fused-ring (bicyclic) bond motifs is 1. The molecule has 1 fully saturated rings. The largest absolute Gasteiger partial charge is 0.398 e. The Morgan fingerprint density at radius 3 is 2.57 bits per heavy atom. The number of anilines is 1. The van der Waals surface area contributed by atoms with Crippen molar-refractivity contribution in [3.05, 3.63) is 36.4 Å². The van der Waals surface area contributed by atoms with E-state index in [4.69, 9.17) is 10.5 Å². The summed E-state index contributed by atoms with van der Waals surface area (Å²) in [7, 11) is -3.63. The lowest BCUT2D eigenvalue weighted by molar-refractivity contribution is 0.178. The van der Waals surface area contributed by atoms with Gasteiger partial charge in [-0.1, -0.05) is 24.3 Å². The normalized spacial score (nSPS) is 22.7. The van der Waals surface area contributed by atoms with Crippen molar-refractivity contribution in [2.24, 2.45) is 0 Å². The van der Waals surface area contributed by atoms with Gasteiger partial charge in [0.05, 0.1) is 17.0 Å². The Morgan fingerprint density at radius 1 is 1.19 bits per heavy atom. The van der Waals surface area contributed by atoms with Gasteiger partial charge in [-0.3, -0.25) is 0 Å². The molecule has 0 aliphatic carbocycles. The van der Waals surface area contributed by atoms with E-state index in [2.05, 4.69) is 4.72 Å². The Hall–Kier alpha value is -1.63. The highest BCUT2D eigenvalue weighted by molar-refractivity contribution is 7.89. The summed E-state index contributed by atoms with van der Waals surface area (Å²) in [5.41, 5.74) is 5.94. The Balaban J connectivity index is 2.09. The molecule has 1 atom stereocenters. The van der Waals surface area contributed by atoms with Gasteiger partial charge < -0.3 is 10.5 Å². The summed E-state index contributed by atoms with van der Waals surface area (Å²) in [6.45, 7) is 2.82. The van der Waals surface area contributed by atoms with Gasteiger partial charge in [-0.2, -0.15) is 0 Å². The molecule has 2 aromatic carbocycles. The van der Waals surface area contributed by atoms with Crippen molar-refractivity contribution in [3.63, 3.8) is 0 Å². The topological polar surface area (TPSA) is 81.4 Å². The van der Waals surface area contributed by atoms with E-state index in [1.54, 1.807) is 24.3 Å². The van der Waals surface area contributed by atoms with Crippen LogP contribution in [0.5, 0.6) is 0 Å². The first-order chi connectivity index (χ1) is 9.91. The Labute approximate surface area is 124 Å². The molecule has 0 aromatic heterocycles. The molecule has 1 unspecified atom stereocenters. The average molecular weight is 306 g/mol. The molecule has 3 rings (SSSR count). The average Bonchev–Trinajstić information content (AvgIpc) is 2.84. The quantitative estimate of drug-likeness (QED) is 0.848. The molecule has 0 bridgehead atoms. The molecule has 0 spiro atoms. The first-order valence-electron chi connectivity index (χ1n) is 6.80. The molecule has 112 valence electrons. The van der Waals surface area contributed by atoms with Gasteiger partial charge in [0.2, 0.25) is 10.0 Å². The first-order valence-corrected chi connectivity index (χ1v) is 8.29. The van der Waals surface area contributed by atoms with Gasteiger partial charge in [0.15, 0.2) is 0 Å². The number of rotatable bonds is 3. The van der Waals surface area contributed by atoms with Gasteiger partial charge >= 0.3 is 0 Å². The highest BCUT2D eigenvalue weighted by atomic mass is 32.2. The number of hydrogen-bond donors (Lipinski definition) is 2. The van der Waals surface area contributed by atoms with Crippen molar-refractivity contribution in [2.75, 3.05) is 18.9 Å². The summed E-state index contributed by atoms with van der Waals surface area (Å²) in [5.74, 6) is 0. The molecule has 1 heterocycles. The number of hydrogen-bond acceptors (Lipinski definition) is 4. The molecule has 1 aliphatic heterocycles. The Morgan fingerprint density at radius 2 is 1.90 bits per heavy atom. The van der Waals surface area contributed by atoms with Gasteiger partial charge in [0.25, 0.3) is 0 Å². The van der Waals surface area contributed by atoms with E-state index < -0.39 is 15.6 Å². The molecular weight excluding hydrogens is 288 g/mol. The van der Waals surface area contributed by atoms with Gasteiger partial charge in [-0.15, -0.1) is 0 Å². The van der Waals surface area contributed by atoms with E-state index in [0.717, 1.165) is 5.39 Å². The maximum atomic E-state index is 12.7. The van der Waals surface area contributed by atoms with E-state index >= 15 is 0 Å². The highest BCUT2D eigenvalue weighted by Gasteiger charge is 2.35. The Kier molecular flexibility index (Phi) is 3.39. The van der Waals surface area contributed by atoms with Crippen LogP contribution in [0.15, 0.2) is 41.3 Å². The van der Waals surface area contributed by atoms with Crippen LogP contribution in [-0.4, -0.2) is 27.2 Å². The van der Waals surface area contributed by atoms with Crippen LogP contribution in [0.1, 0.15) is 13.3 Å². The van der Waals surface area contributed by atoms with Gasteiger partial charge in [-0.05, 0) is 25.5 Å². The van der Waals surface area contributed by atoms with Crippen LogP contribution in [-0.2, 0) is 14.8 Å². The van der Waals surface area contributed by atoms with E-state index in [-0.39, 0.29) is 4.90 Å². The zero-order valence-electron chi connectivity index (χ0n) is 11.8. The van der Waals surface area contributed by atoms with Crippen LogP contribution < -0.4 is 10.5 Å². The minimum atomic E-state index is -3.63. The third-order valence-electron chi connectivity index (χ3n) is 3.81. The van der Waals surface area contributed by atoms with Gasteiger partial charge in [-0.25, -0.2) is 13.1 Å². The van der Waals surface area contributed by atoms with Crippen LogP contribution in [0.4, 0.5) is 5.69 Å². The molecule has 0 amide bonds. The Bertz CT molecular complexity index is 781. The predicted molar refractivity (Wildman–Crippen MR) is 82.5 cm³/mol. The smallest absolute Gasteiger partial charge is 0.241 e. The van der Waals surface area contributed by atoms with Crippen molar-refractivity contribution in [1.29, 1.82) is 0 Å². The first kappa shape index (κ1) is 14.3. The summed E-state index contributed by atoms with van der Waals surface area (Å²) in [6.07, 6.45) is 0.666. The molecule has 1 saturated heterocycles. The lowest BCUT2D eigenvalue weighted by Crippen LogP contribution is -2.46. The molecule has 6 heteroatoms. The fourth-order valence-electron chi connectivity index (χ4n) is 2.66. The van der Waals surface area contributed by atoms with E-state index in [1.807, 2.05) is 19.1 Å². The minimum Gasteiger partial charge on any atom is -0.398 e. The van der Waals surface area contributed by atoms with Gasteiger partial charge in [0, 0.05) is 23.1 Å². The predicted octanol–water partition coefficient (Wildman–Crippen LogP) is 1.88. The third kappa shape index (κ3) is 2.62. The van der Waals surface area contributed by atoms with Crippen LogP contribution in [0.3, 0.4) is 0 Å². The standard InChI is InChI=1S/C15H18N2O3S/c1-15(8-9-20-10-15)17-21(18,19)14-7-6-13(16)11-4-2-3-5-12(11)14/h2-7,17H,8-10,16H2,1H3. The molecule has 0 radical (unpaired) electrons.